The number of hydrogen-bond donors (Lipinski definition) is 2. The van der Waals surface area contributed by atoms with Crippen molar-refractivity contribution in [1.29, 1.82) is 0 Å². The van der Waals surface area contributed by atoms with E-state index >= 15 is 0 Å². The molecule has 1 rings (SSSR count). The molecule has 0 aromatic rings. The van der Waals surface area contributed by atoms with Crippen molar-refractivity contribution in [2.24, 2.45) is 17.1 Å². The fourth-order valence-electron chi connectivity index (χ4n) is 2.06. The summed E-state index contributed by atoms with van der Waals surface area (Å²) in [5.41, 5.74) is 5.66. The second-order valence-corrected chi connectivity index (χ2v) is 5.93. The molecule has 16 heavy (non-hydrogen) atoms. The summed E-state index contributed by atoms with van der Waals surface area (Å²) < 4.78 is 0. The number of aliphatic hydroxyl groups excluding tert-OH is 1. The maximum Gasteiger partial charge on any atom is 0.0784 e. The van der Waals surface area contributed by atoms with E-state index in [9.17, 15) is 0 Å². The van der Waals surface area contributed by atoms with Gasteiger partial charge in [0.1, 0.15) is 0 Å². The lowest BCUT2D eigenvalue weighted by molar-refractivity contribution is 0.114. The van der Waals surface area contributed by atoms with Crippen molar-refractivity contribution >= 4 is 17.2 Å². The minimum Gasteiger partial charge on any atom is -0.396 e. The van der Waals surface area contributed by atoms with Gasteiger partial charge in [-0.25, -0.2) is 0 Å². The van der Waals surface area contributed by atoms with Crippen LogP contribution in [0, 0.1) is 11.3 Å². The van der Waals surface area contributed by atoms with Crippen LogP contribution in [0.5, 0.6) is 0 Å². The van der Waals surface area contributed by atoms with Crippen LogP contribution in [0.15, 0.2) is 0 Å². The van der Waals surface area contributed by atoms with Crippen LogP contribution in [0.4, 0.5) is 0 Å². The van der Waals surface area contributed by atoms with Gasteiger partial charge in [-0.1, -0.05) is 26.1 Å². The third-order valence-corrected chi connectivity index (χ3v) is 4.13. The number of likely N-dealkylation sites (tertiary alicyclic amines) is 1. The summed E-state index contributed by atoms with van der Waals surface area (Å²) in [5.74, 6) is 0.460. The van der Waals surface area contributed by atoms with Crippen LogP contribution in [-0.4, -0.2) is 41.2 Å². The number of nitrogens with zero attached hydrogens (tertiary/aromatic N) is 1. The van der Waals surface area contributed by atoms with Crippen molar-refractivity contribution in [3.63, 3.8) is 0 Å². The van der Waals surface area contributed by atoms with E-state index in [2.05, 4.69) is 18.7 Å². The Kier molecular flexibility index (Phi) is 5.15. The van der Waals surface area contributed by atoms with E-state index in [1.807, 2.05) is 0 Å². The van der Waals surface area contributed by atoms with Gasteiger partial charge in [0.25, 0.3) is 0 Å². The molecule has 4 heteroatoms. The topological polar surface area (TPSA) is 49.5 Å². The standard InChI is InChI=1S/C12H24N2OS/c1-12(2,11(13)16)5-7-14-6-3-4-10(8-14)9-15/h10,15H,3-9H2,1-2H3,(H2,13,16). The Hall–Kier alpha value is -0.190. The molecular weight excluding hydrogens is 220 g/mol. The summed E-state index contributed by atoms with van der Waals surface area (Å²) in [6.45, 7) is 7.70. The van der Waals surface area contributed by atoms with Crippen LogP contribution in [0.3, 0.4) is 0 Å². The molecule has 0 radical (unpaired) electrons. The van der Waals surface area contributed by atoms with Crippen LogP contribution >= 0.6 is 12.2 Å². The quantitative estimate of drug-likeness (QED) is 0.718. The zero-order valence-electron chi connectivity index (χ0n) is 10.4. The van der Waals surface area contributed by atoms with Gasteiger partial charge >= 0.3 is 0 Å². The molecule has 1 fully saturated rings. The van der Waals surface area contributed by atoms with Crippen LogP contribution in [0.2, 0.25) is 0 Å². The SMILES string of the molecule is CC(C)(CCN1CCCC(CO)C1)C(N)=S. The average Bonchev–Trinajstić information content (AvgIpc) is 2.26. The van der Waals surface area contributed by atoms with Crippen molar-refractivity contribution in [1.82, 2.24) is 4.90 Å². The van der Waals surface area contributed by atoms with E-state index in [1.54, 1.807) is 0 Å². The number of piperidine rings is 1. The van der Waals surface area contributed by atoms with Crippen molar-refractivity contribution < 1.29 is 5.11 Å². The third-order valence-electron chi connectivity index (χ3n) is 3.58. The molecule has 0 saturated carbocycles. The van der Waals surface area contributed by atoms with Gasteiger partial charge in [-0.15, -0.1) is 0 Å². The third kappa shape index (κ3) is 4.00. The van der Waals surface area contributed by atoms with E-state index in [1.165, 1.54) is 6.42 Å². The summed E-state index contributed by atoms with van der Waals surface area (Å²) in [5, 5.41) is 9.16. The molecule has 3 nitrogen and oxygen atoms in total. The Bertz CT molecular complexity index is 243. The highest BCUT2D eigenvalue weighted by Gasteiger charge is 2.24. The van der Waals surface area contributed by atoms with Crippen molar-refractivity contribution in [3.05, 3.63) is 0 Å². The molecule has 1 unspecified atom stereocenters. The Morgan fingerprint density at radius 1 is 1.56 bits per heavy atom. The van der Waals surface area contributed by atoms with E-state index in [0.29, 0.717) is 17.5 Å². The number of hydrogen-bond acceptors (Lipinski definition) is 3. The molecule has 3 N–H and O–H groups in total. The number of aliphatic hydroxyl groups is 1. The molecule has 1 heterocycles. The van der Waals surface area contributed by atoms with Gasteiger partial charge in [0.2, 0.25) is 0 Å². The molecule has 94 valence electrons. The van der Waals surface area contributed by atoms with Crippen molar-refractivity contribution in [2.75, 3.05) is 26.2 Å². The van der Waals surface area contributed by atoms with E-state index in [4.69, 9.17) is 23.1 Å². The lowest BCUT2D eigenvalue weighted by atomic mass is 9.88. The van der Waals surface area contributed by atoms with Gasteiger partial charge in [0.15, 0.2) is 0 Å². The predicted octanol–water partition coefficient (Wildman–Crippen LogP) is 1.39. The summed E-state index contributed by atoms with van der Waals surface area (Å²) in [6, 6.07) is 0. The zero-order valence-corrected chi connectivity index (χ0v) is 11.2. The minimum atomic E-state index is -0.0541. The average molecular weight is 244 g/mol. The molecule has 1 aliphatic rings. The molecule has 0 aromatic heterocycles. The summed E-state index contributed by atoms with van der Waals surface area (Å²) >= 11 is 5.06. The Morgan fingerprint density at radius 2 is 2.25 bits per heavy atom. The molecule has 1 saturated heterocycles. The first kappa shape index (κ1) is 13.9. The fraction of sp³-hybridized carbons (Fsp3) is 0.917. The maximum atomic E-state index is 9.16. The van der Waals surface area contributed by atoms with E-state index in [0.717, 1.165) is 32.5 Å². The monoisotopic (exact) mass is 244 g/mol. The Morgan fingerprint density at radius 3 is 2.81 bits per heavy atom. The molecule has 1 aliphatic heterocycles. The molecule has 0 spiro atoms. The van der Waals surface area contributed by atoms with Gasteiger partial charge in [0.05, 0.1) is 4.99 Å². The first-order chi connectivity index (χ1) is 7.45. The highest BCUT2D eigenvalue weighted by molar-refractivity contribution is 7.80. The van der Waals surface area contributed by atoms with Crippen LogP contribution in [0.25, 0.3) is 0 Å². The zero-order chi connectivity index (χ0) is 12.2. The molecule has 0 amide bonds. The fourth-order valence-corrected chi connectivity index (χ4v) is 2.17. The van der Waals surface area contributed by atoms with Gasteiger partial charge in [-0.2, -0.15) is 0 Å². The van der Waals surface area contributed by atoms with Crippen molar-refractivity contribution in [3.8, 4) is 0 Å². The second-order valence-electron chi connectivity index (χ2n) is 5.49. The van der Waals surface area contributed by atoms with Crippen LogP contribution < -0.4 is 5.73 Å². The number of nitrogens with two attached hydrogens (primary N) is 1. The smallest absolute Gasteiger partial charge is 0.0784 e. The normalized spacial score (nSPS) is 23.3. The van der Waals surface area contributed by atoms with Gasteiger partial charge < -0.3 is 15.7 Å². The second kappa shape index (κ2) is 5.94. The van der Waals surface area contributed by atoms with Crippen molar-refractivity contribution in [2.45, 2.75) is 33.1 Å². The Balaban J connectivity index is 2.35. The van der Waals surface area contributed by atoms with E-state index in [-0.39, 0.29) is 5.41 Å². The summed E-state index contributed by atoms with van der Waals surface area (Å²) in [4.78, 5) is 3.02. The minimum absolute atomic E-state index is 0.0541. The number of rotatable bonds is 5. The van der Waals surface area contributed by atoms with Crippen LogP contribution in [0.1, 0.15) is 33.1 Å². The highest BCUT2D eigenvalue weighted by Crippen LogP contribution is 2.23. The lowest BCUT2D eigenvalue weighted by Crippen LogP contribution is -2.40. The summed E-state index contributed by atoms with van der Waals surface area (Å²) in [6.07, 6.45) is 3.35. The molecular formula is C12H24N2OS. The van der Waals surface area contributed by atoms with E-state index < -0.39 is 0 Å². The number of thiocarbonyl (C=S) groups is 1. The first-order valence-corrected chi connectivity index (χ1v) is 6.49. The Labute approximate surface area is 104 Å². The predicted molar refractivity (Wildman–Crippen MR) is 71.4 cm³/mol. The highest BCUT2D eigenvalue weighted by atomic mass is 32.1. The van der Waals surface area contributed by atoms with Gasteiger partial charge in [-0.3, -0.25) is 0 Å². The first-order valence-electron chi connectivity index (χ1n) is 6.09. The molecule has 1 atom stereocenters. The van der Waals surface area contributed by atoms with Crippen LogP contribution in [-0.2, 0) is 0 Å². The largest absolute Gasteiger partial charge is 0.396 e. The van der Waals surface area contributed by atoms with Gasteiger partial charge in [-0.05, 0) is 38.3 Å². The van der Waals surface area contributed by atoms with Gasteiger partial charge in [0, 0.05) is 18.6 Å². The molecule has 0 aliphatic carbocycles. The lowest BCUT2D eigenvalue weighted by Gasteiger charge is -2.34. The molecule has 0 aromatic carbocycles. The molecule has 0 bridgehead atoms. The maximum absolute atomic E-state index is 9.16. The summed E-state index contributed by atoms with van der Waals surface area (Å²) in [7, 11) is 0.